The number of aryl methyl sites for hydroxylation is 2. The van der Waals surface area contributed by atoms with Crippen LogP contribution in [0.3, 0.4) is 0 Å². The summed E-state index contributed by atoms with van der Waals surface area (Å²) in [5.41, 5.74) is 7.65. The summed E-state index contributed by atoms with van der Waals surface area (Å²) >= 11 is 0. The van der Waals surface area contributed by atoms with Crippen molar-refractivity contribution in [2.45, 2.75) is 78.4 Å². The van der Waals surface area contributed by atoms with Crippen LogP contribution in [0.2, 0.25) is 0 Å². The fourth-order valence-electron chi connectivity index (χ4n) is 6.18. The molecule has 4 aromatic rings. The Morgan fingerprint density at radius 3 is 2.15 bits per heavy atom. The lowest BCUT2D eigenvalue weighted by Crippen LogP contribution is -2.33. The average Bonchev–Trinajstić information content (AvgIpc) is 3.34. The van der Waals surface area contributed by atoms with Gasteiger partial charge in [-0.15, -0.1) is 13.2 Å². The van der Waals surface area contributed by atoms with Crippen molar-refractivity contribution in [2.24, 2.45) is 0 Å². The molecule has 1 unspecified atom stereocenters. The average molecular weight is 562 g/mol. The van der Waals surface area contributed by atoms with Gasteiger partial charge in [0.05, 0.1) is 11.4 Å². The van der Waals surface area contributed by atoms with Crippen LogP contribution in [0.1, 0.15) is 68.5 Å². The van der Waals surface area contributed by atoms with Crippen LogP contribution in [-0.4, -0.2) is 27.4 Å². The molecule has 1 aliphatic heterocycles. The second kappa shape index (κ2) is 12.5. The molecule has 0 bridgehead atoms. The number of imidazole rings is 1. The Kier molecular flexibility index (Phi) is 8.83. The van der Waals surface area contributed by atoms with Crippen molar-refractivity contribution in [3.05, 3.63) is 95.2 Å². The van der Waals surface area contributed by atoms with Crippen molar-refractivity contribution in [1.29, 1.82) is 0 Å². The molecular weight excluding hydrogens is 523 g/mol. The lowest BCUT2D eigenvalue weighted by atomic mass is 9.95. The number of alkyl halides is 3. The molecule has 41 heavy (non-hydrogen) atoms. The Labute approximate surface area is 240 Å². The SMILES string of the molecule is CCc1cccc(CC)c1-c1nc(-c2ccc(OC(F)(F)F)cc2)c(CN2CCCCC2c2ccccc2)n1CC. The Morgan fingerprint density at radius 2 is 1.54 bits per heavy atom. The second-order valence-corrected chi connectivity index (χ2v) is 10.6. The number of hydrogen-bond acceptors (Lipinski definition) is 3. The Morgan fingerprint density at radius 1 is 0.854 bits per heavy atom. The van der Waals surface area contributed by atoms with Gasteiger partial charge in [-0.3, -0.25) is 4.90 Å². The first-order valence-electron chi connectivity index (χ1n) is 14.7. The number of likely N-dealkylation sites (tertiary alicyclic amines) is 1. The van der Waals surface area contributed by atoms with Crippen LogP contribution < -0.4 is 4.74 Å². The number of rotatable bonds is 9. The van der Waals surface area contributed by atoms with Gasteiger partial charge >= 0.3 is 6.36 Å². The first kappa shape index (κ1) is 28.9. The molecule has 0 amide bonds. The van der Waals surface area contributed by atoms with Crippen LogP contribution in [0.5, 0.6) is 5.75 Å². The summed E-state index contributed by atoms with van der Waals surface area (Å²) < 4.78 is 45.0. The minimum atomic E-state index is -4.73. The first-order chi connectivity index (χ1) is 19.8. The van der Waals surface area contributed by atoms with Gasteiger partial charge in [0.15, 0.2) is 0 Å². The molecule has 7 heteroatoms. The smallest absolute Gasteiger partial charge is 0.406 e. The first-order valence-corrected chi connectivity index (χ1v) is 14.7. The highest BCUT2D eigenvalue weighted by molar-refractivity contribution is 5.72. The molecule has 1 aromatic heterocycles. The molecule has 1 atom stereocenters. The zero-order valence-corrected chi connectivity index (χ0v) is 24.0. The van der Waals surface area contributed by atoms with E-state index in [-0.39, 0.29) is 5.75 Å². The fourth-order valence-corrected chi connectivity index (χ4v) is 6.18. The van der Waals surface area contributed by atoms with Crippen LogP contribution in [0.25, 0.3) is 22.6 Å². The van der Waals surface area contributed by atoms with E-state index in [1.807, 2.05) is 0 Å². The van der Waals surface area contributed by atoms with Crippen molar-refractivity contribution in [3.8, 4) is 28.4 Å². The van der Waals surface area contributed by atoms with Crippen LogP contribution >= 0.6 is 0 Å². The fraction of sp³-hybridized carbons (Fsp3) is 0.382. The predicted octanol–water partition coefficient (Wildman–Crippen LogP) is 8.99. The van der Waals surface area contributed by atoms with Gasteiger partial charge in [0.2, 0.25) is 0 Å². The van der Waals surface area contributed by atoms with E-state index in [1.165, 1.54) is 40.8 Å². The van der Waals surface area contributed by atoms with E-state index in [4.69, 9.17) is 4.98 Å². The van der Waals surface area contributed by atoms with Gasteiger partial charge in [0.25, 0.3) is 0 Å². The van der Waals surface area contributed by atoms with E-state index < -0.39 is 6.36 Å². The van der Waals surface area contributed by atoms with E-state index in [9.17, 15) is 13.2 Å². The van der Waals surface area contributed by atoms with Crippen LogP contribution in [0, 0.1) is 0 Å². The summed E-state index contributed by atoms with van der Waals surface area (Å²) in [5, 5.41) is 0. The lowest BCUT2D eigenvalue weighted by Gasteiger charge is -2.36. The van der Waals surface area contributed by atoms with Gasteiger partial charge in [-0.25, -0.2) is 4.98 Å². The number of halogens is 3. The summed E-state index contributed by atoms with van der Waals surface area (Å²) in [6, 6.07) is 23.5. The third-order valence-corrected chi connectivity index (χ3v) is 8.12. The Balaban J connectivity index is 1.65. The number of hydrogen-bond donors (Lipinski definition) is 0. The van der Waals surface area contributed by atoms with E-state index >= 15 is 0 Å². The molecule has 0 spiro atoms. The monoisotopic (exact) mass is 561 g/mol. The van der Waals surface area contributed by atoms with E-state index in [1.54, 1.807) is 12.1 Å². The van der Waals surface area contributed by atoms with Gasteiger partial charge in [0.1, 0.15) is 11.6 Å². The minimum Gasteiger partial charge on any atom is -0.406 e. The van der Waals surface area contributed by atoms with Crippen molar-refractivity contribution < 1.29 is 17.9 Å². The van der Waals surface area contributed by atoms with Gasteiger partial charge in [0, 0.05) is 30.3 Å². The molecule has 0 radical (unpaired) electrons. The normalized spacial score (nSPS) is 16.2. The van der Waals surface area contributed by atoms with Crippen molar-refractivity contribution in [2.75, 3.05) is 6.54 Å². The van der Waals surface area contributed by atoms with Crippen molar-refractivity contribution in [3.63, 3.8) is 0 Å². The number of piperidine rings is 1. The van der Waals surface area contributed by atoms with Crippen LogP contribution in [-0.2, 0) is 25.9 Å². The molecule has 2 heterocycles. The molecule has 0 N–H and O–H groups in total. The zero-order chi connectivity index (χ0) is 29.0. The molecule has 1 aliphatic rings. The summed E-state index contributed by atoms with van der Waals surface area (Å²) in [5.74, 6) is 0.693. The minimum absolute atomic E-state index is 0.234. The van der Waals surface area contributed by atoms with Gasteiger partial charge in [-0.2, -0.15) is 0 Å². The summed E-state index contributed by atoms with van der Waals surface area (Å²) in [4.78, 5) is 7.82. The molecule has 5 rings (SSSR count). The van der Waals surface area contributed by atoms with E-state index in [2.05, 4.69) is 83.5 Å². The molecule has 216 valence electrons. The van der Waals surface area contributed by atoms with Crippen molar-refractivity contribution in [1.82, 2.24) is 14.5 Å². The maximum absolute atomic E-state index is 12.9. The maximum atomic E-state index is 12.9. The number of ether oxygens (including phenoxy) is 1. The highest BCUT2D eigenvalue weighted by atomic mass is 19.4. The lowest BCUT2D eigenvalue weighted by molar-refractivity contribution is -0.274. The highest BCUT2D eigenvalue weighted by Crippen LogP contribution is 2.38. The van der Waals surface area contributed by atoms with E-state index in [0.717, 1.165) is 61.5 Å². The molecule has 3 aromatic carbocycles. The molecule has 4 nitrogen and oxygen atoms in total. The van der Waals surface area contributed by atoms with Gasteiger partial charge in [-0.1, -0.05) is 68.8 Å². The Bertz CT molecular complexity index is 1420. The molecule has 1 saturated heterocycles. The summed E-state index contributed by atoms with van der Waals surface area (Å²) in [6.45, 7) is 8.88. The zero-order valence-electron chi connectivity index (χ0n) is 24.0. The topological polar surface area (TPSA) is 30.3 Å². The maximum Gasteiger partial charge on any atom is 0.573 e. The number of benzene rings is 3. The van der Waals surface area contributed by atoms with Crippen LogP contribution in [0.15, 0.2) is 72.8 Å². The summed E-state index contributed by atoms with van der Waals surface area (Å²) in [7, 11) is 0. The Hall–Kier alpha value is -3.58. The van der Waals surface area contributed by atoms with Gasteiger partial charge in [-0.05, 0) is 80.1 Å². The quantitative estimate of drug-likeness (QED) is 0.204. The molecule has 1 fully saturated rings. The van der Waals surface area contributed by atoms with Crippen LogP contribution in [0.4, 0.5) is 13.2 Å². The van der Waals surface area contributed by atoms with Crippen molar-refractivity contribution >= 4 is 0 Å². The predicted molar refractivity (Wildman–Crippen MR) is 158 cm³/mol. The molecule has 0 saturated carbocycles. The second-order valence-electron chi connectivity index (χ2n) is 10.6. The molecular formula is C34H38F3N3O. The number of nitrogens with zero attached hydrogens (tertiary/aromatic N) is 3. The standard InChI is InChI=1S/C34H38F3N3O/c1-4-24-15-12-16-25(5-2)31(24)33-38-32(27-18-20-28(21-19-27)41-34(35,36)37)30(40(33)6-3)23-39-22-11-10-17-29(39)26-13-8-7-9-14-26/h7-9,12-16,18-21,29H,4-6,10-11,17,22-23H2,1-3H3. The third-order valence-electron chi connectivity index (χ3n) is 8.12. The third kappa shape index (κ3) is 6.35. The summed E-state index contributed by atoms with van der Waals surface area (Å²) in [6.07, 6.45) is 0.449. The molecule has 0 aliphatic carbocycles. The highest BCUT2D eigenvalue weighted by Gasteiger charge is 2.32. The number of aromatic nitrogens is 2. The largest absolute Gasteiger partial charge is 0.573 e. The van der Waals surface area contributed by atoms with Gasteiger partial charge < -0.3 is 9.30 Å². The van der Waals surface area contributed by atoms with E-state index in [0.29, 0.717) is 12.6 Å².